The number of anilines is 1. The Morgan fingerprint density at radius 1 is 1.10 bits per heavy atom. The Bertz CT molecular complexity index is 823. The van der Waals surface area contributed by atoms with Crippen LogP contribution in [0.15, 0.2) is 45.7 Å². The smallest absolute Gasteiger partial charge is 0.323 e. The van der Waals surface area contributed by atoms with Crippen LogP contribution in [0.3, 0.4) is 0 Å². The van der Waals surface area contributed by atoms with E-state index in [2.05, 4.69) is 31.2 Å². The van der Waals surface area contributed by atoms with Crippen molar-refractivity contribution in [2.75, 3.05) is 5.32 Å². The summed E-state index contributed by atoms with van der Waals surface area (Å²) in [5, 5.41) is 13.0. The van der Waals surface area contributed by atoms with Gasteiger partial charge in [0.1, 0.15) is 5.75 Å². The molecule has 0 atom stereocenters. The van der Waals surface area contributed by atoms with Crippen molar-refractivity contribution in [2.24, 2.45) is 0 Å². The van der Waals surface area contributed by atoms with Gasteiger partial charge in [-0.1, -0.05) is 15.9 Å². The Morgan fingerprint density at radius 3 is 2.75 bits per heavy atom. The molecule has 0 saturated carbocycles. The molecule has 4 N–H and O–H groups in total. The first-order chi connectivity index (χ1) is 9.61. The lowest BCUT2D eigenvalue weighted by Crippen LogP contribution is -2.00. The first-order valence-corrected chi connectivity index (χ1v) is 6.84. The predicted octanol–water partition coefficient (Wildman–Crippen LogP) is 2.94. The van der Waals surface area contributed by atoms with Crippen molar-refractivity contribution in [1.29, 1.82) is 0 Å². The number of aromatic amines is 2. The van der Waals surface area contributed by atoms with Gasteiger partial charge in [0.15, 0.2) is 0 Å². The van der Waals surface area contributed by atoms with Gasteiger partial charge in [0.25, 0.3) is 0 Å². The maximum absolute atomic E-state index is 11.2. The Hall–Kier alpha value is -2.21. The zero-order valence-electron chi connectivity index (χ0n) is 10.4. The van der Waals surface area contributed by atoms with E-state index in [1.165, 1.54) is 0 Å². The molecule has 20 heavy (non-hydrogen) atoms. The Kier molecular flexibility index (Phi) is 3.23. The molecule has 0 aliphatic rings. The van der Waals surface area contributed by atoms with E-state index in [1.807, 2.05) is 24.3 Å². The largest absolute Gasteiger partial charge is 0.508 e. The van der Waals surface area contributed by atoms with E-state index >= 15 is 0 Å². The van der Waals surface area contributed by atoms with Gasteiger partial charge in [0.2, 0.25) is 0 Å². The van der Waals surface area contributed by atoms with E-state index in [1.54, 1.807) is 12.1 Å². The Labute approximate surface area is 122 Å². The van der Waals surface area contributed by atoms with E-state index in [0.29, 0.717) is 6.54 Å². The molecule has 102 valence electrons. The minimum atomic E-state index is -0.221. The van der Waals surface area contributed by atoms with Crippen LogP contribution in [0.2, 0.25) is 0 Å². The summed E-state index contributed by atoms with van der Waals surface area (Å²) in [6.07, 6.45) is 0. The number of aromatic nitrogens is 2. The average molecular weight is 334 g/mol. The van der Waals surface area contributed by atoms with Crippen molar-refractivity contribution in [3.63, 3.8) is 0 Å². The molecule has 3 rings (SSSR count). The topological polar surface area (TPSA) is 80.9 Å². The second kappa shape index (κ2) is 5.05. The number of nitrogens with one attached hydrogen (secondary N) is 3. The minimum Gasteiger partial charge on any atom is -0.508 e. The molecule has 0 amide bonds. The van der Waals surface area contributed by atoms with Crippen LogP contribution < -0.4 is 11.0 Å². The van der Waals surface area contributed by atoms with Crippen LogP contribution in [-0.4, -0.2) is 15.1 Å². The molecule has 1 aromatic heterocycles. The van der Waals surface area contributed by atoms with Crippen LogP contribution in [0.4, 0.5) is 5.69 Å². The molecule has 6 heteroatoms. The van der Waals surface area contributed by atoms with E-state index in [4.69, 9.17) is 0 Å². The van der Waals surface area contributed by atoms with Gasteiger partial charge in [-0.25, -0.2) is 4.79 Å². The van der Waals surface area contributed by atoms with E-state index in [9.17, 15) is 9.90 Å². The number of hydrogen-bond acceptors (Lipinski definition) is 3. The molecule has 3 aromatic rings. The third-order valence-corrected chi connectivity index (χ3v) is 3.53. The first kappa shape index (κ1) is 12.8. The molecule has 2 aromatic carbocycles. The number of aromatic hydroxyl groups is 1. The van der Waals surface area contributed by atoms with Gasteiger partial charge in [0, 0.05) is 22.3 Å². The summed E-state index contributed by atoms with van der Waals surface area (Å²) in [4.78, 5) is 16.6. The monoisotopic (exact) mass is 333 g/mol. The zero-order chi connectivity index (χ0) is 14.1. The van der Waals surface area contributed by atoms with Crippen molar-refractivity contribution in [1.82, 2.24) is 9.97 Å². The summed E-state index contributed by atoms with van der Waals surface area (Å²) in [5.41, 5.74) is 2.96. The third kappa shape index (κ3) is 2.55. The standard InChI is InChI=1S/C14H12BrN3O2/c15-9-1-4-13(19)8(5-9)7-16-10-2-3-11-12(6-10)18-14(20)17-11/h1-6,16,19H,7H2,(H2,17,18,20). The average Bonchev–Trinajstić information content (AvgIpc) is 2.79. The van der Waals surface area contributed by atoms with E-state index in [0.717, 1.165) is 26.8 Å². The Morgan fingerprint density at radius 2 is 1.90 bits per heavy atom. The highest BCUT2D eigenvalue weighted by Crippen LogP contribution is 2.23. The lowest BCUT2D eigenvalue weighted by Gasteiger charge is -2.08. The maximum Gasteiger partial charge on any atom is 0.323 e. The fraction of sp³-hybridized carbons (Fsp3) is 0.0714. The minimum absolute atomic E-state index is 0.221. The fourth-order valence-electron chi connectivity index (χ4n) is 2.04. The quantitative estimate of drug-likeness (QED) is 0.594. The summed E-state index contributed by atoms with van der Waals surface area (Å²) in [7, 11) is 0. The number of rotatable bonds is 3. The molecule has 1 heterocycles. The predicted molar refractivity (Wildman–Crippen MR) is 82.1 cm³/mol. The van der Waals surface area contributed by atoms with Gasteiger partial charge in [-0.2, -0.15) is 0 Å². The van der Waals surface area contributed by atoms with Crippen LogP contribution in [0.25, 0.3) is 11.0 Å². The SMILES string of the molecule is O=c1[nH]c2ccc(NCc3cc(Br)ccc3O)cc2[nH]1. The number of fused-ring (bicyclic) bond motifs is 1. The molecule has 0 spiro atoms. The second-order valence-corrected chi connectivity index (χ2v) is 5.38. The molecule has 0 aliphatic carbocycles. The number of phenols is 1. The summed E-state index contributed by atoms with van der Waals surface area (Å²) in [6.45, 7) is 0.492. The summed E-state index contributed by atoms with van der Waals surface area (Å²) in [6, 6.07) is 10.8. The highest BCUT2D eigenvalue weighted by Gasteiger charge is 2.03. The number of H-pyrrole nitrogens is 2. The number of phenolic OH excluding ortho intramolecular Hbond substituents is 1. The normalized spacial score (nSPS) is 10.8. The number of halogens is 1. The zero-order valence-corrected chi connectivity index (χ0v) is 12.0. The van der Waals surface area contributed by atoms with Crippen molar-refractivity contribution < 1.29 is 5.11 Å². The Balaban J connectivity index is 1.82. The summed E-state index contributed by atoms with van der Waals surface area (Å²) in [5.74, 6) is 0.247. The molecule has 0 aliphatic heterocycles. The third-order valence-electron chi connectivity index (χ3n) is 3.04. The van der Waals surface area contributed by atoms with Crippen LogP contribution in [0.1, 0.15) is 5.56 Å². The van der Waals surface area contributed by atoms with Crippen molar-refractivity contribution in [2.45, 2.75) is 6.54 Å². The van der Waals surface area contributed by atoms with E-state index < -0.39 is 0 Å². The molecule has 0 bridgehead atoms. The number of hydrogen-bond donors (Lipinski definition) is 4. The summed E-state index contributed by atoms with van der Waals surface area (Å²) >= 11 is 3.38. The van der Waals surface area contributed by atoms with Crippen molar-refractivity contribution in [3.8, 4) is 5.75 Å². The molecular formula is C14H12BrN3O2. The molecule has 0 radical (unpaired) electrons. The van der Waals surface area contributed by atoms with Gasteiger partial charge in [0.05, 0.1) is 11.0 Å². The molecular weight excluding hydrogens is 322 g/mol. The molecule has 5 nitrogen and oxygen atoms in total. The van der Waals surface area contributed by atoms with Crippen molar-refractivity contribution in [3.05, 3.63) is 56.9 Å². The molecule has 0 unspecified atom stereocenters. The van der Waals surface area contributed by atoms with E-state index in [-0.39, 0.29) is 11.4 Å². The fourth-order valence-corrected chi connectivity index (χ4v) is 2.44. The van der Waals surface area contributed by atoms with Gasteiger partial charge >= 0.3 is 5.69 Å². The van der Waals surface area contributed by atoms with Gasteiger partial charge in [-0.05, 0) is 36.4 Å². The number of benzene rings is 2. The van der Waals surface area contributed by atoms with Crippen LogP contribution in [0.5, 0.6) is 5.75 Å². The molecule has 0 saturated heterocycles. The van der Waals surface area contributed by atoms with Gasteiger partial charge < -0.3 is 20.4 Å². The van der Waals surface area contributed by atoms with Gasteiger partial charge in [-0.3, -0.25) is 0 Å². The second-order valence-electron chi connectivity index (χ2n) is 4.47. The molecule has 0 fully saturated rings. The van der Waals surface area contributed by atoms with Crippen LogP contribution >= 0.6 is 15.9 Å². The maximum atomic E-state index is 11.2. The highest BCUT2D eigenvalue weighted by atomic mass is 79.9. The van der Waals surface area contributed by atoms with Gasteiger partial charge in [-0.15, -0.1) is 0 Å². The first-order valence-electron chi connectivity index (χ1n) is 6.05. The van der Waals surface area contributed by atoms with Crippen LogP contribution in [-0.2, 0) is 6.54 Å². The number of imidazole rings is 1. The highest BCUT2D eigenvalue weighted by molar-refractivity contribution is 9.10. The lowest BCUT2D eigenvalue weighted by atomic mass is 10.2. The van der Waals surface area contributed by atoms with Crippen LogP contribution in [0, 0.1) is 0 Å². The van der Waals surface area contributed by atoms with Crippen molar-refractivity contribution >= 4 is 32.7 Å². The lowest BCUT2D eigenvalue weighted by molar-refractivity contribution is 0.469. The summed E-state index contributed by atoms with van der Waals surface area (Å²) < 4.78 is 0.914.